The van der Waals surface area contributed by atoms with Gasteiger partial charge in [-0.25, -0.2) is 0 Å². The molecule has 1 aromatic carbocycles. The zero-order chi connectivity index (χ0) is 18.6. The summed E-state index contributed by atoms with van der Waals surface area (Å²) in [7, 11) is 0. The van der Waals surface area contributed by atoms with Gasteiger partial charge in [0.05, 0.1) is 11.3 Å². The first-order chi connectivity index (χ1) is 11.8. The summed E-state index contributed by atoms with van der Waals surface area (Å²) < 4.78 is 1.90. The van der Waals surface area contributed by atoms with E-state index in [-0.39, 0.29) is 24.4 Å². The Morgan fingerprint density at radius 1 is 1.19 bits per heavy atom. The lowest BCUT2D eigenvalue weighted by Gasteiger charge is -2.15. The van der Waals surface area contributed by atoms with Crippen LogP contribution < -0.4 is 11.1 Å². The van der Waals surface area contributed by atoms with E-state index in [2.05, 4.69) is 43.3 Å². The molecule has 144 valence electrons. The summed E-state index contributed by atoms with van der Waals surface area (Å²) in [5.74, 6) is 0.391. The lowest BCUT2D eigenvalue weighted by atomic mass is 9.99. The molecule has 1 heterocycles. The topological polar surface area (TPSA) is 72.9 Å². The predicted molar refractivity (Wildman–Crippen MR) is 109 cm³/mol. The van der Waals surface area contributed by atoms with Crippen LogP contribution >= 0.6 is 12.4 Å². The molecule has 1 atom stereocenters. The minimum absolute atomic E-state index is 0. The quantitative estimate of drug-likeness (QED) is 0.767. The first-order valence-corrected chi connectivity index (χ1v) is 9.02. The van der Waals surface area contributed by atoms with Crippen LogP contribution in [0.15, 0.2) is 24.3 Å². The summed E-state index contributed by atoms with van der Waals surface area (Å²) in [6, 6.07) is 8.07. The number of nitrogens with one attached hydrogen (secondary N) is 1. The zero-order valence-corrected chi connectivity index (χ0v) is 17.2. The van der Waals surface area contributed by atoms with E-state index >= 15 is 0 Å². The molecule has 0 aliphatic heterocycles. The van der Waals surface area contributed by atoms with Gasteiger partial charge in [-0.15, -0.1) is 12.4 Å². The Morgan fingerprint density at radius 3 is 2.31 bits per heavy atom. The molecule has 2 rings (SSSR count). The number of aryl methyl sites for hydroxylation is 2. The highest BCUT2D eigenvalue weighted by molar-refractivity contribution is 5.96. The summed E-state index contributed by atoms with van der Waals surface area (Å²) in [4.78, 5) is 12.6. The van der Waals surface area contributed by atoms with Crippen molar-refractivity contribution in [3.63, 3.8) is 0 Å². The van der Waals surface area contributed by atoms with Crippen LogP contribution in [0.25, 0.3) is 0 Å². The van der Waals surface area contributed by atoms with E-state index in [0.29, 0.717) is 18.0 Å². The van der Waals surface area contributed by atoms with Gasteiger partial charge in [0.2, 0.25) is 0 Å². The Bertz CT molecular complexity index is 722. The number of rotatable bonds is 7. The first kappa shape index (κ1) is 22.2. The summed E-state index contributed by atoms with van der Waals surface area (Å²) in [5.41, 5.74) is 10.9. The average Bonchev–Trinajstić information content (AvgIpc) is 2.86. The fraction of sp³-hybridized carbons (Fsp3) is 0.500. The number of aromatic nitrogens is 2. The SMILES string of the molecule is CCCn1nc(C)c(C(=O)NCC(N)c2ccc(C(C)C)cc2)c1C.Cl. The molecule has 0 radical (unpaired) electrons. The van der Waals surface area contributed by atoms with Crippen LogP contribution in [0, 0.1) is 13.8 Å². The van der Waals surface area contributed by atoms with Crippen molar-refractivity contribution in [2.24, 2.45) is 5.73 Å². The molecule has 0 saturated heterocycles. The highest BCUT2D eigenvalue weighted by Gasteiger charge is 2.19. The molecule has 0 bridgehead atoms. The molecule has 0 aliphatic carbocycles. The van der Waals surface area contributed by atoms with Crippen LogP contribution in [-0.2, 0) is 6.54 Å². The van der Waals surface area contributed by atoms with Gasteiger partial charge in [0.25, 0.3) is 5.91 Å². The zero-order valence-electron chi connectivity index (χ0n) is 16.4. The third-order valence-electron chi connectivity index (χ3n) is 4.56. The second kappa shape index (κ2) is 9.74. The molecular formula is C20H31ClN4O. The fourth-order valence-corrected chi connectivity index (χ4v) is 2.99. The highest BCUT2D eigenvalue weighted by Crippen LogP contribution is 2.18. The molecule has 0 saturated carbocycles. The van der Waals surface area contributed by atoms with Crippen LogP contribution in [-0.4, -0.2) is 22.2 Å². The predicted octanol–water partition coefficient (Wildman–Crippen LogP) is 3.88. The minimum Gasteiger partial charge on any atom is -0.350 e. The molecule has 1 unspecified atom stereocenters. The van der Waals surface area contributed by atoms with E-state index in [9.17, 15) is 4.79 Å². The van der Waals surface area contributed by atoms with Gasteiger partial charge in [0.15, 0.2) is 0 Å². The van der Waals surface area contributed by atoms with Crippen molar-refractivity contribution in [2.45, 2.75) is 59.5 Å². The highest BCUT2D eigenvalue weighted by atomic mass is 35.5. The van der Waals surface area contributed by atoms with Crippen molar-refractivity contribution in [2.75, 3.05) is 6.54 Å². The molecular weight excluding hydrogens is 348 g/mol. The molecule has 5 nitrogen and oxygen atoms in total. The van der Waals surface area contributed by atoms with Gasteiger partial charge in [0.1, 0.15) is 0 Å². The first-order valence-electron chi connectivity index (χ1n) is 9.02. The molecule has 2 aromatic rings. The summed E-state index contributed by atoms with van der Waals surface area (Å²) in [6.45, 7) is 11.5. The molecule has 3 N–H and O–H groups in total. The van der Waals surface area contributed by atoms with E-state index in [1.54, 1.807) is 0 Å². The van der Waals surface area contributed by atoms with Gasteiger partial charge in [0, 0.05) is 24.8 Å². The lowest BCUT2D eigenvalue weighted by Crippen LogP contribution is -2.32. The number of carbonyl (C=O) groups is 1. The standard InChI is InChI=1S/C20H30N4O.ClH/c1-6-11-24-15(5)19(14(4)23-24)20(25)22-12-18(21)17-9-7-16(8-10-17)13(2)3;/h7-10,13,18H,6,11-12,21H2,1-5H3,(H,22,25);1H. The van der Waals surface area contributed by atoms with Crippen molar-refractivity contribution in [3.8, 4) is 0 Å². The summed E-state index contributed by atoms with van der Waals surface area (Å²) in [6.07, 6.45) is 0.986. The smallest absolute Gasteiger partial charge is 0.255 e. The Kier molecular flexibility index (Phi) is 8.31. The number of hydrogen-bond acceptors (Lipinski definition) is 3. The lowest BCUT2D eigenvalue weighted by molar-refractivity contribution is 0.0950. The van der Waals surface area contributed by atoms with Crippen LogP contribution in [0.1, 0.15) is 72.0 Å². The second-order valence-electron chi connectivity index (χ2n) is 6.91. The number of amides is 1. The van der Waals surface area contributed by atoms with E-state index < -0.39 is 0 Å². The maximum absolute atomic E-state index is 12.6. The second-order valence-corrected chi connectivity index (χ2v) is 6.91. The number of halogens is 1. The maximum Gasteiger partial charge on any atom is 0.255 e. The number of benzene rings is 1. The average molecular weight is 379 g/mol. The Morgan fingerprint density at radius 2 is 1.77 bits per heavy atom. The molecule has 6 heteroatoms. The normalized spacial score (nSPS) is 12.0. The van der Waals surface area contributed by atoms with E-state index in [0.717, 1.165) is 29.9 Å². The third kappa shape index (κ3) is 5.08. The number of carbonyl (C=O) groups excluding carboxylic acids is 1. The Balaban J connectivity index is 0.00000338. The number of nitrogens with two attached hydrogens (primary N) is 1. The summed E-state index contributed by atoms with van der Waals surface area (Å²) >= 11 is 0. The van der Waals surface area contributed by atoms with Gasteiger partial charge in [-0.3, -0.25) is 9.48 Å². The Hall–Kier alpha value is -1.85. The van der Waals surface area contributed by atoms with Gasteiger partial charge in [-0.05, 0) is 37.3 Å². The largest absolute Gasteiger partial charge is 0.350 e. The van der Waals surface area contributed by atoms with Crippen molar-refractivity contribution in [3.05, 3.63) is 52.3 Å². The summed E-state index contributed by atoms with van der Waals surface area (Å²) in [5, 5.41) is 7.41. The Labute approximate surface area is 162 Å². The third-order valence-corrected chi connectivity index (χ3v) is 4.56. The van der Waals surface area contributed by atoms with Crippen molar-refractivity contribution in [1.29, 1.82) is 0 Å². The van der Waals surface area contributed by atoms with Crippen LogP contribution in [0.5, 0.6) is 0 Å². The van der Waals surface area contributed by atoms with E-state index in [1.165, 1.54) is 5.56 Å². The molecule has 1 amide bonds. The monoisotopic (exact) mass is 378 g/mol. The van der Waals surface area contributed by atoms with Crippen molar-refractivity contribution >= 4 is 18.3 Å². The van der Waals surface area contributed by atoms with Crippen molar-refractivity contribution in [1.82, 2.24) is 15.1 Å². The van der Waals surface area contributed by atoms with Gasteiger partial charge in [-0.1, -0.05) is 45.0 Å². The van der Waals surface area contributed by atoms with E-state index in [1.807, 2.05) is 30.7 Å². The molecule has 0 fully saturated rings. The molecule has 1 aromatic heterocycles. The van der Waals surface area contributed by atoms with Crippen LogP contribution in [0.4, 0.5) is 0 Å². The van der Waals surface area contributed by atoms with E-state index in [4.69, 9.17) is 5.73 Å². The van der Waals surface area contributed by atoms with Gasteiger partial charge < -0.3 is 11.1 Å². The van der Waals surface area contributed by atoms with Gasteiger partial charge in [-0.2, -0.15) is 5.10 Å². The molecule has 0 aliphatic rings. The number of nitrogens with zero attached hydrogens (tertiary/aromatic N) is 2. The van der Waals surface area contributed by atoms with Gasteiger partial charge >= 0.3 is 0 Å². The van der Waals surface area contributed by atoms with Crippen molar-refractivity contribution < 1.29 is 4.79 Å². The fourth-order valence-electron chi connectivity index (χ4n) is 2.99. The van der Waals surface area contributed by atoms with Crippen LogP contribution in [0.3, 0.4) is 0 Å². The molecule has 26 heavy (non-hydrogen) atoms. The molecule has 0 spiro atoms. The number of hydrogen-bond donors (Lipinski definition) is 2. The minimum atomic E-state index is -0.225. The maximum atomic E-state index is 12.6. The van der Waals surface area contributed by atoms with Crippen LogP contribution in [0.2, 0.25) is 0 Å².